The Labute approximate surface area is 136 Å². The van der Waals surface area contributed by atoms with Gasteiger partial charge in [0.25, 0.3) is 0 Å². The van der Waals surface area contributed by atoms with Crippen molar-refractivity contribution in [2.75, 3.05) is 6.61 Å². The van der Waals surface area contributed by atoms with Crippen molar-refractivity contribution in [2.24, 2.45) is 0 Å². The van der Waals surface area contributed by atoms with Gasteiger partial charge in [-0.05, 0) is 25.0 Å². The first-order valence-electron chi connectivity index (χ1n) is 6.87. The van der Waals surface area contributed by atoms with Crippen LogP contribution in [0.3, 0.4) is 0 Å². The molecule has 5 nitrogen and oxygen atoms in total. The first-order valence-corrected chi connectivity index (χ1v) is 6.87. The summed E-state index contributed by atoms with van der Waals surface area (Å²) in [5, 5.41) is 7.89. The van der Waals surface area contributed by atoms with Crippen LogP contribution < -0.4 is 0 Å². The van der Waals surface area contributed by atoms with E-state index in [1.807, 2.05) is 36.4 Å². The smallest absolute Gasteiger partial charge is 0.478 e. The summed E-state index contributed by atoms with van der Waals surface area (Å²) >= 11 is 0. The molecule has 1 atom stereocenters. The summed E-state index contributed by atoms with van der Waals surface area (Å²) in [4.78, 5) is 19.6. The molecule has 1 unspecified atom stereocenters. The van der Waals surface area contributed by atoms with Crippen LogP contribution in [0.15, 0.2) is 49.6 Å². The molecule has 0 amide bonds. The monoisotopic (exact) mass is 318 g/mol. The molecule has 5 heteroatoms. The number of carbonyl (C=O) groups is 2. The van der Waals surface area contributed by atoms with Crippen LogP contribution in [-0.4, -0.2) is 29.9 Å². The summed E-state index contributed by atoms with van der Waals surface area (Å²) in [5.41, 5.74) is 2.45. The summed E-state index contributed by atoms with van der Waals surface area (Å²) in [7, 11) is 0. The highest BCUT2D eigenvalue weighted by molar-refractivity contribution is 5.84. The second kappa shape index (κ2) is 10.8. The third-order valence-corrected chi connectivity index (χ3v) is 2.53. The number of ether oxygens (including phenoxy) is 2. The van der Waals surface area contributed by atoms with Crippen LogP contribution in [0.4, 0.5) is 4.79 Å². The van der Waals surface area contributed by atoms with E-state index in [9.17, 15) is 9.59 Å². The van der Waals surface area contributed by atoms with Gasteiger partial charge in [0.2, 0.25) is 0 Å². The first kappa shape index (κ1) is 20.2. The minimum absolute atomic E-state index is 0.0486. The highest BCUT2D eigenvalue weighted by Crippen LogP contribution is 2.10. The molecule has 1 aromatic carbocycles. The van der Waals surface area contributed by atoms with Gasteiger partial charge in [-0.15, -0.1) is 0 Å². The van der Waals surface area contributed by atoms with E-state index in [1.54, 1.807) is 6.92 Å². The molecule has 2 rings (SSSR count). The molecule has 124 valence electrons. The van der Waals surface area contributed by atoms with E-state index in [0.717, 1.165) is 11.1 Å². The molecule has 1 aliphatic rings. The van der Waals surface area contributed by atoms with Gasteiger partial charge in [0.1, 0.15) is 12.7 Å². The number of carboxylic acid groups (broad SMARTS) is 1. The molecule has 0 bridgehead atoms. The Kier molecular flexibility index (Phi) is 9.51. The summed E-state index contributed by atoms with van der Waals surface area (Å²) < 4.78 is 8.90. The van der Waals surface area contributed by atoms with Gasteiger partial charge in [-0.3, -0.25) is 0 Å². The van der Waals surface area contributed by atoms with Gasteiger partial charge in [-0.2, -0.15) is 0 Å². The summed E-state index contributed by atoms with van der Waals surface area (Å²) in [6, 6.07) is 8.02. The van der Waals surface area contributed by atoms with Crippen molar-refractivity contribution in [3.63, 3.8) is 0 Å². The van der Waals surface area contributed by atoms with Crippen molar-refractivity contribution < 1.29 is 24.2 Å². The molecular formula is C18H22O5. The Bertz CT molecular complexity index is 536. The Morgan fingerprint density at radius 2 is 1.70 bits per heavy atom. The molecule has 1 heterocycles. The lowest BCUT2D eigenvalue weighted by Gasteiger charge is -1.96. The van der Waals surface area contributed by atoms with Crippen molar-refractivity contribution in [2.45, 2.75) is 20.0 Å². The van der Waals surface area contributed by atoms with E-state index in [0.29, 0.717) is 6.61 Å². The molecule has 0 aromatic heterocycles. The van der Waals surface area contributed by atoms with Crippen LogP contribution >= 0.6 is 0 Å². The number of benzene rings is 1. The maximum Gasteiger partial charge on any atom is 0.508 e. The zero-order valence-electron chi connectivity index (χ0n) is 13.5. The van der Waals surface area contributed by atoms with Gasteiger partial charge in [-0.25, -0.2) is 9.59 Å². The Balaban J connectivity index is 0.000000330. The molecule has 0 aliphatic carbocycles. The molecular weight excluding hydrogens is 296 g/mol. The van der Waals surface area contributed by atoms with Gasteiger partial charge in [0.05, 0.1) is 0 Å². The van der Waals surface area contributed by atoms with Gasteiger partial charge in [0.15, 0.2) is 0 Å². The van der Waals surface area contributed by atoms with Crippen LogP contribution in [0.2, 0.25) is 0 Å². The van der Waals surface area contributed by atoms with Crippen molar-refractivity contribution in [3.8, 4) is 0 Å². The Morgan fingerprint density at radius 3 is 1.87 bits per heavy atom. The van der Waals surface area contributed by atoms with E-state index < -0.39 is 12.1 Å². The molecule has 1 saturated heterocycles. The summed E-state index contributed by atoms with van der Waals surface area (Å²) in [6.07, 6.45) is 3.06. The van der Waals surface area contributed by atoms with E-state index in [1.165, 1.54) is 6.92 Å². The summed E-state index contributed by atoms with van der Waals surface area (Å²) in [5.74, 6) is -0.935. The molecule has 0 radical (unpaired) electrons. The zero-order chi connectivity index (χ0) is 17.8. The number of cyclic esters (lactones) is 2. The van der Waals surface area contributed by atoms with Crippen molar-refractivity contribution in [1.82, 2.24) is 0 Å². The lowest BCUT2D eigenvalue weighted by Crippen LogP contribution is -2.01. The second-order valence-corrected chi connectivity index (χ2v) is 4.61. The highest BCUT2D eigenvalue weighted by atomic mass is 16.8. The third-order valence-electron chi connectivity index (χ3n) is 2.53. The van der Waals surface area contributed by atoms with Gasteiger partial charge in [-0.1, -0.05) is 56.2 Å². The molecule has 1 fully saturated rings. The van der Waals surface area contributed by atoms with Crippen LogP contribution in [0.25, 0.3) is 12.2 Å². The van der Waals surface area contributed by atoms with E-state index >= 15 is 0 Å². The highest BCUT2D eigenvalue weighted by Gasteiger charge is 2.19. The quantitative estimate of drug-likeness (QED) is 0.669. The first-order chi connectivity index (χ1) is 10.8. The van der Waals surface area contributed by atoms with Gasteiger partial charge >= 0.3 is 12.1 Å². The zero-order valence-corrected chi connectivity index (χ0v) is 13.5. The van der Waals surface area contributed by atoms with Crippen LogP contribution in [0, 0.1) is 0 Å². The Hall–Kier alpha value is -2.82. The van der Waals surface area contributed by atoms with Crippen molar-refractivity contribution in [1.29, 1.82) is 0 Å². The maximum atomic E-state index is 10.0. The minimum Gasteiger partial charge on any atom is -0.478 e. The lowest BCUT2D eigenvalue weighted by molar-refractivity contribution is -0.132. The van der Waals surface area contributed by atoms with Crippen molar-refractivity contribution in [3.05, 3.63) is 60.7 Å². The van der Waals surface area contributed by atoms with E-state index in [2.05, 4.69) is 29.2 Å². The molecule has 1 aliphatic heterocycles. The van der Waals surface area contributed by atoms with E-state index in [4.69, 9.17) is 5.11 Å². The van der Waals surface area contributed by atoms with Crippen molar-refractivity contribution >= 4 is 24.3 Å². The molecule has 1 N–H and O–H groups in total. The van der Waals surface area contributed by atoms with Gasteiger partial charge in [0, 0.05) is 5.57 Å². The Morgan fingerprint density at radius 1 is 1.26 bits per heavy atom. The topological polar surface area (TPSA) is 72.8 Å². The average molecular weight is 318 g/mol. The number of aliphatic carboxylic acids is 1. The number of rotatable bonds is 3. The largest absolute Gasteiger partial charge is 0.508 e. The minimum atomic E-state index is -0.935. The fourth-order valence-corrected chi connectivity index (χ4v) is 1.30. The SMILES string of the molecule is C=C(C)C(=O)O.C=Cc1ccccc1C=C.CC1COC(=O)O1. The third kappa shape index (κ3) is 8.93. The number of carboxylic acids is 1. The van der Waals surface area contributed by atoms with E-state index in [-0.39, 0.29) is 11.7 Å². The molecule has 23 heavy (non-hydrogen) atoms. The number of hydrogen-bond acceptors (Lipinski definition) is 4. The summed E-state index contributed by atoms with van der Waals surface area (Å²) in [6.45, 7) is 14.2. The fourth-order valence-electron chi connectivity index (χ4n) is 1.30. The molecule has 0 spiro atoms. The fraction of sp³-hybridized carbons (Fsp3) is 0.222. The molecule has 1 aromatic rings. The van der Waals surface area contributed by atoms with Crippen LogP contribution in [0.1, 0.15) is 25.0 Å². The lowest BCUT2D eigenvalue weighted by atomic mass is 10.1. The standard InChI is InChI=1S/C10H10.C4H6O3.C4H6O2/c1-3-9-7-5-6-8-10(9)4-2;1-3-2-6-4(5)7-3;1-3(2)4(5)6/h3-8H,1-2H2;3H,2H2,1H3;1H2,2H3,(H,5,6). The van der Waals surface area contributed by atoms with Crippen LogP contribution in [-0.2, 0) is 14.3 Å². The maximum absolute atomic E-state index is 10.0. The average Bonchev–Trinajstić information content (AvgIpc) is 2.91. The molecule has 0 saturated carbocycles. The number of hydrogen-bond donors (Lipinski definition) is 1. The van der Waals surface area contributed by atoms with Gasteiger partial charge < -0.3 is 14.6 Å². The normalized spacial score (nSPS) is 14.7. The predicted octanol–water partition coefficient (Wildman–Crippen LogP) is 4.16. The predicted molar refractivity (Wildman–Crippen MR) is 91.0 cm³/mol. The second-order valence-electron chi connectivity index (χ2n) is 4.61. The number of carbonyl (C=O) groups excluding carboxylic acids is 1. The van der Waals surface area contributed by atoms with Crippen LogP contribution in [0.5, 0.6) is 0 Å².